The Hall–Kier alpha value is -1.26. The Morgan fingerprint density at radius 2 is 2.05 bits per heavy atom. The van der Waals surface area contributed by atoms with Gasteiger partial charge in [-0.25, -0.2) is 0 Å². The molecule has 1 aliphatic heterocycles. The molecule has 1 heterocycles. The molecule has 6 heteroatoms. The minimum atomic E-state index is -0.0914. The highest BCUT2D eigenvalue weighted by Crippen LogP contribution is 2.26. The van der Waals surface area contributed by atoms with Gasteiger partial charge >= 0.3 is 0 Å². The summed E-state index contributed by atoms with van der Waals surface area (Å²) in [5.41, 5.74) is 0.798. The van der Waals surface area contributed by atoms with E-state index in [0.29, 0.717) is 29.6 Å². The summed E-state index contributed by atoms with van der Waals surface area (Å²) in [7, 11) is 1.71. The van der Waals surface area contributed by atoms with Crippen molar-refractivity contribution in [1.82, 2.24) is 9.80 Å². The molecule has 22 heavy (non-hydrogen) atoms. The standard InChI is InChI=1S/C16H20Cl2N2O2/c1-19(10-12-6-5-7-13(17)16(12)18)15(22)11-20-9-4-2-3-8-14(20)21/h5-7H,2-4,8-11H2,1H3. The van der Waals surface area contributed by atoms with Crippen LogP contribution in [-0.4, -0.2) is 41.8 Å². The third kappa shape index (κ3) is 4.37. The van der Waals surface area contributed by atoms with Crippen molar-refractivity contribution in [2.45, 2.75) is 32.2 Å². The SMILES string of the molecule is CN(Cc1cccc(Cl)c1Cl)C(=O)CN1CCCCCC1=O. The fraction of sp³-hybridized carbons (Fsp3) is 0.500. The molecule has 2 rings (SSSR count). The highest BCUT2D eigenvalue weighted by molar-refractivity contribution is 6.42. The lowest BCUT2D eigenvalue weighted by Gasteiger charge is -2.24. The second-order valence-corrected chi connectivity index (χ2v) is 6.37. The van der Waals surface area contributed by atoms with E-state index in [1.807, 2.05) is 6.07 Å². The third-order valence-corrected chi connectivity index (χ3v) is 4.72. The Morgan fingerprint density at radius 1 is 1.27 bits per heavy atom. The van der Waals surface area contributed by atoms with E-state index in [1.54, 1.807) is 29.0 Å². The van der Waals surface area contributed by atoms with Crippen molar-refractivity contribution in [3.63, 3.8) is 0 Å². The second-order valence-electron chi connectivity index (χ2n) is 5.59. The predicted molar refractivity (Wildman–Crippen MR) is 88.0 cm³/mol. The minimum Gasteiger partial charge on any atom is -0.340 e. The molecule has 0 N–H and O–H groups in total. The second kappa shape index (κ2) is 7.84. The first-order valence-corrected chi connectivity index (χ1v) is 8.19. The van der Waals surface area contributed by atoms with Crippen molar-refractivity contribution >= 4 is 35.0 Å². The zero-order valence-corrected chi connectivity index (χ0v) is 14.2. The molecule has 0 unspecified atom stereocenters. The van der Waals surface area contributed by atoms with Crippen LogP contribution in [0.15, 0.2) is 18.2 Å². The first kappa shape index (κ1) is 17.1. The molecule has 120 valence electrons. The molecule has 0 saturated carbocycles. The molecule has 1 aromatic carbocycles. The summed E-state index contributed by atoms with van der Waals surface area (Å²) in [6.45, 7) is 1.17. The summed E-state index contributed by atoms with van der Waals surface area (Å²) >= 11 is 12.1. The van der Waals surface area contributed by atoms with E-state index in [9.17, 15) is 9.59 Å². The van der Waals surface area contributed by atoms with Gasteiger partial charge in [-0.15, -0.1) is 0 Å². The van der Waals surface area contributed by atoms with Crippen LogP contribution in [-0.2, 0) is 16.1 Å². The normalized spacial score (nSPS) is 15.6. The van der Waals surface area contributed by atoms with Crippen LogP contribution < -0.4 is 0 Å². The zero-order valence-electron chi connectivity index (χ0n) is 12.6. The van der Waals surface area contributed by atoms with Crippen molar-refractivity contribution in [3.05, 3.63) is 33.8 Å². The van der Waals surface area contributed by atoms with Crippen LogP contribution in [0, 0.1) is 0 Å². The molecule has 4 nitrogen and oxygen atoms in total. The lowest BCUT2D eigenvalue weighted by molar-refractivity contribution is -0.139. The zero-order chi connectivity index (χ0) is 16.1. The highest BCUT2D eigenvalue weighted by atomic mass is 35.5. The molecule has 2 amide bonds. The summed E-state index contributed by atoms with van der Waals surface area (Å²) in [5.74, 6) is -0.0219. The molecule has 0 aromatic heterocycles. The Balaban J connectivity index is 1.97. The van der Waals surface area contributed by atoms with Gasteiger partial charge in [0.25, 0.3) is 0 Å². The van der Waals surface area contributed by atoms with Crippen LogP contribution in [0.25, 0.3) is 0 Å². The number of amides is 2. The van der Waals surface area contributed by atoms with Crippen molar-refractivity contribution in [3.8, 4) is 0 Å². The van der Waals surface area contributed by atoms with Gasteiger partial charge in [-0.3, -0.25) is 9.59 Å². The van der Waals surface area contributed by atoms with Gasteiger partial charge in [-0.2, -0.15) is 0 Å². The van der Waals surface area contributed by atoms with E-state index in [2.05, 4.69) is 0 Å². The summed E-state index contributed by atoms with van der Waals surface area (Å²) < 4.78 is 0. The van der Waals surface area contributed by atoms with Gasteiger partial charge < -0.3 is 9.80 Å². The summed E-state index contributed by atoms with van der Waals surface area (Å²) in [5, 5.41) is 0.942. The fourth-order valence-corrected chi connectivity index (χ4v) is 2.88. The number of hydrogen-bond acceptors (Lipinski definition) is 2. The number of hydrogen-bond donors (Lipinski definition) is 0. The van der Waals surface area contributed by atoms with Crippen molar-refractivity contribution in [2.75, 3.05) is 20.1 Å². The summed E-state index contributed by atoms with van der Waals surface area (Å²) in [4.78, 5) is 27.5. The number of carbonyl (C=O) groups excluding carboxylic acids is 2. The van der Waals surface area contributed by atoms with Gasteiger partial charge in [0.15, 0.2) is 0 Å². The number of benzene rings is 1. The maximum Gasteiger partial charge on any atom is 0.242 e. The van der Waals surface area contributed by atoms with Gasteiger partial charge in [0.05, 0.1) is 16.6 Å². The number of likely N-dealkylation sites (tertiary alicyclic amines) is 1. The van der Waals surface area contributed by atoms with E-state index >= 15 is 0 Å². The average Bonchev–Trinajstić information content (AvgIpc) is 2.69. The molecule has 1 aromatic rings. The molecule has 0 bridgehead atoms. The van der Waals surface area contributed by atoms with Gasteiger partial charge in [0.2, 0.25) is 11.8 Å². The topological polar surface area (TPSA) is 40.6 Å². The van der Waals surface area contributed by atoms with Crippen molar-refractivity contribution < 1.29 is 9.59 Å². The molecule has 1 aliphatic rings. The maximum atomic E-state index is 12.3. The van der Waals surface area contributed by atoms with Gasteiger partial charge in [-0.05, 0) is 24.5 Å². The maximum absolute atomic E-state index is 12.3. The smallest absolute Gasteiger partial charge is 0.242 e. The first-order valence-electron chi connectivity index (χ1n) is 7.43. The number of halogens is 2. The summed E-state index contributed by atoms with van der Waals surface area (Å²) in [6.07, 6.45) is 3.46. The number of rotatable bonds is 4. The van der Waals surface area contributed by atoms with Crippen LogP contribution in [0.5, 0.6) is 0 Å². The number of nitrogens with zero attached hydrogens (tertiary/aromatic N) is 2. The van der Waals surface area contributed by atoms with Crippen LogP contribution in [0.2, 0.25) is 10.0 Å². The van der Waals surface area contributed by atoms with Crippen molar-refractivity contribution in [1.29, 1.82) is 0 Å². The Morgan fingerprint density at radius 3 is 2.82 bits per heavy atom. The summed E-state index contributed by atoms with van der Waals surface area (Å²) in [6, 6.07) is 5.36. The van der Waals surface area contributed by atoms with Crippen LogP contribution in [0.4, 0.5) is 0 Å². The fourth-order valence-electron chi connectivity index (χ4n) is 2.50. The van der Waals surface area contributed by atoms with Crippen LogP contribution >= 0.6 is 23.2 Å². The number of carbonyl (C=O) groups is 2. The molecule has 1 saturated heterocycles. The van der Waals surface area contributed by atoms with Gasteiger partial charge in [-0.1, -0.05) is 41.8 Å². The molecule has 0 aliphatic carbocycles. The average molecular weight is 343 g/mol. The molecule has 1 fully saturated rings. The molecular weight excluding hydrogens is 323 g/mol. The molecule has 0 spiro atoms. The minimum absolute atomic E-state index is 0.0695. The molecule has 0 radical (unpaired) electrons. The van der Waals surface area contributed by atoms with E-state index in [0.717, 1.165) is 24.8 Å². The van der Waals surface area contributed by atoms with E-state index in [1.165, 1.54) is 0 Å². The quantitative estimate of drug-likeness (QED) is 0.841. The lowest BCUT2D eigenvalue weighted by atomic mass is 10.2. The number of likely N-dealkylation sites (N-methyl/N-ethyl adjacent to an activating group) is 1. The Labute approximate surface area is 141 Å². The largest absolute Gasteiger partial charge is 0.340 e. The monoisotopic (exact) mass is 342 g/mol. The van der Waals surface area contributed by atoms with Gasteiger partial charge in [0.1, 0.15) is 0 Å². The van der Waals surface area contributed by atoms with E-state index in [-0.39, 0.29) is 18.4 Å². The first-order chi connectivity index (χ1) is 10.5. The molecule has 0 atom stereocenters. The Kier molecular flexibility index (Phi) is 6.09. The predicted octanol–water partition coefficient (Wildman–Crippen LogP) is 3.35. The van der Waals surface area contributed by atoms with Crippen LogP contribution in [0.3, 0.4) is 0 Å². The van der Waals surface area contributed by atoms with E-state index < -0.39 is 0 Å². The highest BCUT2D eigenvalue weighted by Gasteiger charge is 2.21. The lowest BCUT2D eigenvalue weighted by Crippen LogP contribution is -2.41. The van der Waals surface area contributed by atoms with Gasteiger partial charge in [0, 0.05) is 26.6 Å². The van der Waals surface area contributed by atoms with E-state index in [4.69, 9.17) is 23.2 Å². The third-order valence-electron chi connectivity index (χ3n) is 3.86. The van der Waals surface area contributed by atoms with Crippen LogP contribution in [0.1, 0.15) is 31.2 Å². The molecular formula is C16H20Cl2N2O2. The van der Waals surface area contributed by atoms with Crippen molar-refractivity contribution in [2.24, 2.45) is 0 Å². The Bertz CT molecular complexity index is 563.